The summed E-state index contributed by atoms with van der Waals surface area (Å²) in [6.07, 6.45) is 2.77. The summed E-state index contributed by atoms with van der Waals surface area (Å²) in [5.74, 6) is -0.153. The second kappa shape index (κ2) is 12.2. The first kappa shape index (κ1) is 26.6. The average Bonchev–Trinajstić information content (AvgIpc) is 3.58. The van der Waals surface area contributed by atoms with Gasteiger partial charge in [0, 0.05) is 49.9 Å². The lowest BCUT2D eigenvalue weighted by atomic mass is 10.1. The number of benzene rings is 2. The van der Waals surface area contributed by atoms with Crippen LogP contribution >= 0.6 is 12.4 Å². The molecule has 2 fully saturated rings. The summed E-state index contributed by atoms with van der Waals surface area (Å²) in [6, 6.07) is 14.2. The SMILES string of the molecule is Cl.O=C1NCCCCN(C(=O)c2ccc3n[nH]nc3c2)CCCN(C(=O)c2ccccc2)[C@@H]2CN[C@H]1C2. The van der Waals surface area contributed by atoms with Crippen LogP contribution in [-0.2, 0) is 4.79 Å². The molecule has 2 saturated heterocycles. The second-order valence-electron chi connectivity index (χ2n) is 9.39. The molecule has 3 amide bonds. The monoisotopic (exact) mass is 525 g/mol. The van der Waals surface area contributed by atoms with E-state index in [1.165, 1.54) is 0 Å². The van der Waals surface area contributed by atoms with E-state index < -0.39 is 0 Å². The van der Waals surface area contributed by atoms with Gasteiger partial charge in [-0.15, -0.1) is 12.4 Å². The van der Waals surface area contributed by atoms with Gasteiger partial charge in [0.25, 0.3) is 11.8 Å². The summed E-state index contributed by atoms with van der Waals surface area (Å²) in [7, 11) is 0. The number of hydrogen-bond donors (Lipinski definition) is 3. The summed E-state index contributed by atoms with van der Waals surface area (Å²) >= 11 is 0. The molecule has 1 aromatic heterocycles. The lowest BCUT2D eigenvalue weighted by Crippen LogP contribution is -2.44. The maximum Gasteiger partial charge on any atom is 0.254 e. The fourth-order valence-corrected chi connectivity index (χ4v) is 5.02. The summed E-state index contributed by atoms with van der Waals surface area (Å²) in [4.78, 5) is 43.3. The molecule has 37 heavy (non-hydrogen) atoms. The minimum absolute atomic E-state index is 0. The third-order valence-electron chi connectivity index (χ3n) is 6.98. The number of nitrogens with one attached hydrogen (secondary N) is 3. The predicted molar refractivity (Wildman–Crippen MR) is 142 cm³/mol. The smallest absolute Gasteiger partial charge is 0.254 e. The molecule has 2 aliphatic rings. The molecule has 11 heteroatoms. The van der Waals surface area contributed by atoms with Crippen molar-refractivity contribution in [1.29, 1.82) is 0 Å². The molecule has 0 radical (unpaired) electrons. The van der Waals surface area contributed by atoms with Crippen molar-refractivity contribution >= 4 is 41.2 Å². The van der Waals surface area contributed by atoms with Gasteiger partial charge in [0.2, 0.25) is 5.91 Å². The molecule has 5 rings (SSSR count). The number of fused-ring (bicyclic) bond motifs is 3. The average molecular weight is 526 g/mol. The zero-order chi connectivity index (χ0) is 24.9. The van der Waals surface area contributed by atoms with Crippen molar-refractivity contribution in [1.82, 2.24) is 35.8 Å². The van der Waals surface area contributed by atoms with E-state index in [1.807, 2.05) is 40.1 Å². The molecule has 3 heterocycles. The molecule has 2 bridgehead atoms. The number of hydrogen-bond acceptors (Lipinski definition) is 6. The van der Waals surface area contributed by atoms with E-state index >= 15 is 0 Å². The Hall–Kier alpha value is -3.50. The van der Waals surface area contributed by atoms with Gasteiger partial charge in [-0.3, -0.25) is 14.4 Å². The van der Waals surface area contributed by atoms with Gasteiger partial charge in [-0.1, -0.05) is 18.2 Å². The Morgan fingerprint density at radius 1 is 0.865 bits per heavy atom. The number of carbonyl (C=O) groups excluding carboxylic acids is 3. The molecule has 0 aliphatic carbocycles. The zero-order valence-electron chi connectivity index (χ0n) is 20.6. The van der Waals surface area contributed by atoms with E-state index in [4.69, 9.17) is 0 Å². The van der Waals surface area contributed by atoms with Gasteiger partial charge < -0.3 is 20.4 Å². The molecule has 0 spiro atoms. The fourth-order valence-electron chi connectivity index (χ4n) is 5.02. The van der Waals surface area contributed by atoms with Gasteiger partial charge in [0.1, 0.15) is 11.0 Å². The van der Waals surface area contributed by atoms with Crippen LogP contribution in [0.5, 0.6) is 0 Å². The van der Waals surface area contributed by atoms with Crippen LogP contribution in [0.3, 0.4) is 0 Å². The molecule has 3 N–H and O–H groups in total. The first-order valence-electron chi connectivity index (χ1n) is 12.6. The van der Waals surface area contributed by atoms with E-state index in [2.05, 4.69) is 26.0 Å². The van der Waals surface area contributed by atoms with Crippen molar-refractivity contribution < 1.29 is 14.4 Å². The highest BCUT2D eigenvalue weighted by atomic mass is 35.5. The predicted octanol–water partition coefficient (Wildman–Crippen LogP) is 1.99. The topological polar surface area (TPSA) is 123 Å². The molecule has 2 aliphatic heterocycles. The second-order valence-corrected chi connectivity index (χ2v) is 9.39. The Morgan fingerprint density at radius 2 is 1.65 bits per heavy atom. The third kappa shape index (κ3) is 6.08. The normalized spacial score (nSPS) is 21.1. The lowest BCUT2D eigenvalue weighted by Gasteiger charge is -2.31. The highest BCUT2D eigenvalue weighted by Gasteiger charge is 2.35. The van der Waals surface area contributed by atoms with Crippen LogP contribution in [0.15, 0.2) is 48.5 Å². The van der Waals surface area contributed by atoms with E-state index in [1.54, 1.807) is 18.2 Å². The number of halogens is 1. The maximum atomic E-state index is 13.4. The number of aromatic nitrogens is 3. The van der Waals surface area contributed by atoms with Crippen LogP contribution in [0.1, 0.15) is 46.4 Å². The van der Waals surface area contributed by atoms with Crippen molar-refractivity contribution in [2.24, 2.45) is 0 Å². The Bertz CT molecular complexity index is 1240. The molecule has 2 atom stereocenters. The van der Waals surface area contributed by atoms with E-state index in [9.17, 15) is 14.4 Å². The number of H-pyrrole nitrogens is 1. The largest absolute Gasteiger partial charge is 0.355 e. The van der Waals surface area contributed by atoms with Crippen LogP contribution in [0, 0.1) is 0 Å². The van der Waals surface area contributed by atoms with Gasteiger partial charge in [-0.2, -0.15) is 15.4 Å². The first-order valence-corrected chi connectivity index (χ1v) is 12.6. The molecular weight excluding hydrogens is 494 g/mol. The molecule has 10 nitrogen and oxygen atoms in total. The van der Waals surface area contributed by atoms with E-state index in [-0.39, 0.29) is 42.2 Å². The standard InChI is InChI=1S/C26H31N7O3.ClH/c34-24-23-16-20(17-28-23)33(26(36)18-7-2-1-3-8-18)14-6-13-32(12-5-4-11-27-24)25(35)19-9-10-21-22(15-19)30-31-29-21;/h1-3,7-10,15,20,23,28H,4-6,11-14,16-17H2,(H,27,34)(H,29,30,31);1H/t20-,23-;/m0./s1. The molecule has 0 saturated carbocycles. The Labute approximate surface area is 221 Å². The van der Waals surface area contributed by atoms with Crippen molar-refractivity contribution in [3.05, 3.63) is 59.7 Å². The lowest BCUT2D eigenvalue weighted by molar-refractivity contribution is -0.122. The first-order chi connectivity index (χ1) is 17.6. The highest BCUT2D eigenvalue weighted by Crippen LogP contribution is 2.19. The minimum Gasteiger partial charge on any atom is -0.355 e. The van der Waals surface area contributed by atoms with Crippen LogP contribution in [0.25, 0.3) is 11.0 Å². The van der Waals surface area contributed by atoms with E-state index in [0.29, 0.717) is 67.7 Å². The minimum atomic E-state index is -0.298. The van der Waals surface area contributed by atoms with Crippen molar-refractivity contribution in [3.8, 4) is 0 Å². The quantitative estimate of drug-likeness (QED) is 0.470. The molecule has 0 unspecified atom stereocenters. The highest BCUT2D eigenvalue weighted by molar-refractivity contribution is 5.97. The van der Waals surface area contributed by atoms with Crippen molar-refractivity contribution in [2.75, 3.05) is 32.7 Å². The molecule has 3 aromatic rings. The number of amides is 3. The van der Waals surface area contributed by atoms with Gasteiger partial charge in [-0.05, 0) is 56.0 Å². The molecule has 196 valence electrons. The van der Waals surface area contributed by atoms with Gasteiger partial charge in [0.15, 0.2) is 0 Å². The van der Waals surface area contributed by atoms with Crippen molar-refractivity contribution in [2.45, 2.75) is 37.8 Å². The number of rotatable bonds is 2. The Balaban J connectivity index is 0.00000320. The van der Waals surface area contributed by atoms with Gasteiger partial charge in [-0.25, -0.2) is 0 Å². The number of carbonyl (C=O) groups is 3. The van der Waals surface area contributed by atoms with Crippen LogP contribution in [0.4, 0.5) is 0 Å². The Morgan fingerprint density at radius 3 is 2.49 bits per heavy atom. The zero-order valence-corrected chi connectivity index (χ0v) is 21.4. The summed E-state index contributed by atoms with van der Waals surface area (Å²) in [6.45, 7) is 2.73. The summed E-state index contributed by atoms with van der Waals surface area (Å²) in [5.41, 5.74) is 2.54. The van der Waals surface area contributed by atoms with Gasteiger partial charge in [0.05, 0.1) is 6.04 Å². The number of aromatic amines is 1. The van der Waals surface area contributed by atoms with Gasteiger partial charge >= 0.3 is 0 Å². The third-order valence-corrected chi connectivity index (χ3v) is 6.98. The van der Waals surface area contributed by atoms with Crippen molar-refractivity contribution in [3.63, 3.8) is 0 Å². The summed E-state index contributed by atoms with van der Waals surface area (Å²) in [5, 5.41) is 17.0. The Kier molecular flexibility index (Phi) is 8.73. The van der Waals surface area contributed by atoms with Crippen LogP contribution in [0.2, 0.25) is 0 Å². The van der Waals surface area contributed by atoms with Crippen LogP contribution < -0.4 is 10.6 Å². The maximum absolute atomic E-state index is 13.4. The summed E-state index contributed by atoms with van der Waals surface area (Å²) < 4.78 is 0. The molecular formula is C26H32ClN7O3. The van der Waals surface area contributed by atoms with Crippen LogP contribution in [-0.4, -0.2) is 87.7 Å². The number of nitrogens with zero attached hydrogens (tertiary/aromatic N) is 4. The molecule has 2 aromatic carbocycles. The van der Waals surface area contributed by atoms with E-state index in [0.717, 1.165) is 12.8 Å². The fraction of sp³-hybridized carbons (Fsp3) is 0.423.